The Kier molecular flexibility index (Phi) is 6.49. The van der Waals surface area contributed by atoms with Gasteiger partial charge in [0, 0.05) is 5.69 Å². The highest BCUT2D eigenvalue weighted by Gasteiger charge is 2.08. The summed E-state index contributed by atoms with van der Waals surface area (Å²) in [5.41, 5.74) is 1.61. The van der Waals surface area contributed by atoms with Gasteiger partial charge in [0.1, 0.15) is 5.82 Å². The first-order chi connectivity index (χ1) is 11.6. The molecule has 0 aromatic heterocycles. The summed E-state index contributed by atoms with van der Waals surface area (Å²) in [6, 6.07) is 12.4. The van der Waals surface area contributed by atoms with Crippen molar-refractivity contribution < 1.29 is 18.7 Å². The quantitative estimate of drug-likeness (QED) is 0.618. The Morgan fingerprint density at radius 3 is 2.54 bits per heavy atom. The van der Waals surface area contributed by atoms with Crippen molar-refractivity contribution in [3.8, 4) is 0 Å². The lowest BCUT2D eigenvalue weighted by Gasteiger charge is -2.07. The summed E-state index contributed by atoms with van der Waals surface area (Å²) in [5.74, 6) is -0.994. The van der Waals surface area contributed by atoms with Crippen molar-refractivity contribution in [1.29, 1.82) is 0 Å². The van der Waals surface area contributed by atoms with E-state index >= 15 is 0 Å². The molecule has 0 heterocycles. The van der Waals surface area contributed by atoms with Crippen LogP contribution in [-0.2, 0) is 16.0 Å². The van der Waals surface area contributed by atoms with Gasteiger partial charge >= 0.3 is 5.97 Å². The van der Waals surface area contributed by atoms with E-state index in [1.54, 1.807) is 36.4 Å². The number of halogens is 1. The number of ether oxygens (including phenoxy) is 1. The van der Waals surface area contributed by atoms with Crippen LogP contribution >= 0.6 is 0 Å². The highest BCUT2D eigenvalue weighted by Crippen LogP contribution is 2.12. The summed E-state index contributed by atoms with van der Waals surface area (Å²) >= 11 is 0. The highest BCUT2D eigenvalue weighted by atomic mass is 19.1. The second kappa shape index (κ2) is 8.82. The van der Waals surface area contributed by atoms with Crippen LogP contribution < -0.4 is 5.32 Å². The third kappa shape index (κ3) is 5.50. The number of hydrogen-bond donors (Lipinski definition) is 1. The van der Waals surface area contributed by atoms with Gasteiger partial charge < -0.3 is 10.1 Å². The van der Waals surface area contributed by atoms with E-state index in [1.165, 1.54) is 12.1 Å². The molecule has 0 bridgehead atoms. The molecule has 0 saturated heterocycles. The first-order valence-electron chi connectivity index (χ1n) is 7.90. The van der Waals surface area contributed by atoms with Gasteiger partial charge in [-0.05, 0) is 48.4 Å². The van der Waals surface area contributed by atoms with Gasteiger partial charge in [-0.15, -0.1) is 0 Å². The smallest absolute Gasteiger partial charge is 0.338 e. The van der Waals surface area contributed by atoms with Crippen LogP contribution in [0.15, 0.2) is 48.5 Å². The van der Waals surface area contributed by atoms with Gasteiger partial charge in [-0.1, -0.05) is 25.5 Å². The number of carbonyl (C=O) groups excluding carboxylic acids is 2. The molecule has 0 aliphatic carbocycles. The van der Waals surface area contributed by atoms with Crippen molar-refractivity contribution in [3.63, 3.8) is 0 Å². The number of hydrogen-bond acceptors (Lipinski definition) is 3. The predicted octanol–water partition coefficient (Wildman–Crippen LogP) is 3.96. The molecular weight excluding hydrogens is 309 g/mol. The zero-order valence-electron chi connectivity index (χ0n) is 13.5. The second-order valence-electron chi connectivity index (χ2n) is 5.42. The van der Waals surface area contributed by atoms with E-state index in [1.807, 2.05) is 6.92 Å². The standard InChI is InChI=1S/C19H20FNO3/c1-2-3-11-24-19(23)15-7-9-17(10-8-15)21-18(22)13-14-5-4-6-16(20)12-14/h4-10,12H,2-3,11,13H2,1H3,(H,21,22). The Morgan fingerprint density at radius 2 is 1.88 bits per heavy atom. The molecule has 5 heteroatoms. The molecule has 2 aromatic carbocycles. The van der Waals surface area contributed by atoms with E-state index in [0.717, 1.165) is 12.8 Å². The molecule has 0 fully saturated rings. The average molecular weight is 329 g/mol. The van der Waals surface area contributed by atoms with E-state index in [-0.39, 0.29) is 24.1 Å². The SMILES string of the molecule is CCCCOC(=O)c1ccc(NC(=O)Cc2cccc(F)c2)cc1. The molecule has 0 aliphatic rings. The van der Waals surface area contributed by atoms with E-state index in [9.17, 15) is 14.0 Å². The predicted molar refractivity (Wildman–Crippen MR) is 90.4 cm³/mol. The first-order valence-corrected chi connectivity index (χ1v) is 7.90. The molecule has 1 N–H and O–H groups in total. The molecular formula is C19H20FNO3. The summed E-state index contributed by atoms with van der Waals surface area (Å²) < 4.78 is 18.2. The van der Waals surface area contributed by atoms with Crippen LogP contribution in [0.3, 0.4) is 0 Å². The van der Waals surface area contributed by atoms with Crippen LogP contribution in [0.1, 0.15) is 35.7 Å². The van der Waals surface area contributed by atoms with Crippen LogP contribution in [0.4, 0.5) is 10.1 Å². The minimum absolute atomic E-state index is 0.0819. The normalized spacial score (nSPS) is 10.2. The maximum Gasteiger partial charge on any atom is 0.338 e. The van der Waals surface area contributed by atoms with Crippen molar-refractivity contribution in [1.82, 2.24) is 0 Å². The van der Waals surface area contributed by atoms with Gasteiger partial charge in [-0.3, -0.25) is 4.79 Å². The van der Waals surface area contributed by atoms with Crippen LogP contribution in [-0.4, -0.2) is 18.5 Å². The van der Waals surface area contributed by atoms with E-state index in [2.05, 4.69) is 5.32 Å². The molecule has 0 saturated carbocycles. The third-order valence-corrected chi connectivity index (χ3v) is 3.39. The summed E-state index contributed by atoms with van der Waals surface area (Å²) in [7, 11) is 0. The fraction of sp³-hybridized carbons (Fsp3) is 0.263. The fourth-order valence-electron chi connectivity index (χ4n) is 2.12. The van der Waals surface area contributed by atoms with Crippen LogP contribution in [0.5, 0.6) is 0 Å². The minimum atomic E-state index is -0.374. The van der Waals surface area contributed by atoms with Crippen LogP contribution in [0, 0.1) is 5.82 Å². The van der Waals surface area contributed by atoms with Gasteiger partial charge in [-0.2, -0.15) is 0 Å². The first kappa shape index (κ1) is 17.7. The maximum atomic E-state index is 13.1. The Bertz CT molecular complexity index is 698. The molecule has 0 spiro atoms. The molecule has 1 amide bonds. The van der Waals surface area contributed by atoms with Crippen molar-refractivity contribution in [2.75, 3.05) is 11.9 Å². The number of carbonyl (C=O) groups is 2. The number of unbranched alkanes of at least 4 members (excludes halogenated alkanes) is 1. The Balaban J connectivity index is 1.89. The van der Waals surface area contributed by atoms with Crippen molar-refractivity contribution >= 4 is 17.6 Å². The van der Waals surface area contributed by atoms with Gasteiger partial charge in [-0.25, -0.2) is 9.18 Å². The van der Waals surface area contributed by atoms with Gasteiger partial charge in [0.15, 0.2) is 0 Å². The Hall–Kier alpha value is -2.69. The molecule has 4 nitrogen and oxygen atoms in total. The zero-order chi connectivity index (χ0) is 17.4. The average Bonchev–Trinajstić information content (AvgIpc) is 2.55. The van der Waals surface area contributed by atoms with Crippen LogP contribution in [0.2, 0.25) is 0 Å². The number of rotatable bonds is 7. The summed E-state index contributed by atoms with van der Waals surface area (Å²) in [4.78, 5) is 23.7. The lowest BCUT2D eigenvalue weighted by Crippen LogP contribution is -2.14. The van der Waals surface area contributed by atoms with Crippen molar-refractivity contribution in [2.45, 2.75) is 26.2 Å². The molecule has 0 atom stereocenters. The lowest BCUT2D eigenvalue weighted by atomic mass is 10.1. The van der Waals surface area contributed by atoms with E-state index < -0.39 is 0 Å². The minimum Gasteiger partial charge on any atom is -0.462 e. The molecule has 2 aromatic rings. The fourth-order valence-corrected chi connectivity index (χ4v) is 2.12. The van der Waals surface area contributed by atoms with Crippen molar-refractivity contribution in [2.24, 2.45) is 0 Å². The molecule has 0 aliphatic heterocycles. The summed E-state index contributed by atoms with van der Waals surface area (Å²) in [6.07, 6.45) is 1.88. The molecule has 2 rings (SSSR count). The lowest BCUT2D eigenvalue weighted by molar-refractivity contribution is -0.115. The highest BCUT2D eigenvalue weighted by molar-refractivity contribution is 5.94. The van der Waals surface area contributed by atoms with Gasteiger partial charge in [0.05, 0.1) is 18.6 Å². The Labute approximate surface area is 140 Å². The molecule has 126 valence electrons. The van der Waals surface area contributed by atoms with Gasteiger partial charge in [0.2, 0.25) is 5.91 Å². The van der Waals surface area contributed by atoms with E-state index in [4.69, 9.17) is 4.74 Å². The molecule has 24 heavy (non-hydrogen) atoms. The Morgan fingerprint density at radius 1 is 1.12 bits per heavy atom. The maximum absolute atomic E-state index is 13.1. The zero-order valence-corrected chi connectivity index (χ0v) is 13.5. The van der Waals surface area contributed by atoms with Crippen molar-refractivity contribution in [3.05, 3.63) is 65.5 Å². The number of nitrogens with one attached hydrogen (secondary N) is 1. The number of anilines is 1. The molecule has 0 unspecified atom stereocenters. The topological polar surface area (TPSA) is 55.4 Å². The van der Waals surface area contributed by atoms with E-state index in [0.29, 0.717) is 23.4 Å². The monoisotopic (exact) mass is 329 g/mol. The van der Waals surface area contributed by atoms with Gasteiger partial charge in [0.25, 0.3) is 0 Å². The summed E-state index contributed by atoms with van der Waals surface area (Å²) in [5, 5.41) is 2.71. The number of esters is 1. The largest absolute Gasteiger partial charge is 0.462 e. The van der Waals surface area contributed by atoms with Crippen LogP contribution in [0.25, 0.3) is 0 Å². The number of amides is 1. The second-order valence-corrected chi connectivity index (χ2v) is 5.42. The number of benzene rings is 2. The summed E-state index contributed by atoms with van der Waals surface area (Å²) in [6.45, 7) is 2.43. The third-order valence-electron chi connectivity index (χ3n) is 3.39. The molecule has 0 radical (unpaired) electrons.